The lowest BCUT2D eigenvalue weighted by molar-refractivity contribution is 0.832. The Bertz CT molecular complexity index is 575. The van der Waals surface area contributed by atoms with E-state index in [1.165, 1.54) is 22.4 Å². The SMILES string of the molecule is Cc1ccccc1CN1CCc2c(N)cccc21. The van der Waals surface area contributed by atoms with E-state index >= 15 is 0 Å². The summed E-state index contributed by atoms with van der Waals surface area (Å²) < 4.78 is 0. The molecule has 2 aromatic carbocycles. The first-order valence-electron chi connectivity index (χ1n) is 6.42. The molecule has 0 unspecified atom stereocenters. The van der Waals surface area contributed by atoms with Gasteiger partial charge in [-0.05, 0) is 36.6 Å². The summed E-state index contributed by atoms with van der Waals surface area (Å²) in [5, 5.41) is 0. The number of fused-ring (bicyclic) bond motifs is 1. The molecule has 0 atom stereocenters. The molecule has 0 aromatic heterocycles. The zero-order chi connectivity index (χ0) is 12.5. The predicted molar refractivity (Wildman–Crippen MR) is 76.8 cm³/mol. The fourth-order valence-electron chi connectivity index (χ4n) is 2.69. The summed E-state index contributed by atoms with van der Waals surface area (Å²) in [6.07, 6.45) is 1.06. The standard InChI is InChI=1S/C16H18N2/c1-12-5-2-3-6-13(12)11-18-10-9-14-15(17)7-4-8-16(14)18/h2-8H,9-11,17H2,1H3. The lowest BCUT2D eigenvalue weighted by Gasteiger charge is -2.20. The van der Waals surface area contributed by atoms with Crippen LogP contribution in [0.2, 0.25) is 0 Å². The van der Waals surface area contributed by atoms with Gasteiger partial charge in [-0.15, -0.1) is 0 Å². The van der Waals surface area contributed by atoms with Crippen LogP contribution in [0.1, 0.15) is 16.7 Å². The highest BCUT2D eigenvalue weighted by molar-refractivity contribution is 5.68. The van der Waals surface area contributed by atoms with Crippen molar-refractivity contribution in [3.8, 4) is 0 Å². The lowest BCUT2D eigenvalue weighted by Crippen LogP contribution is -2.20. The van der Waals surface area contributed by atoms with Crippen LogP contribution in [0.15, 0.2) is 42.5 Å². The van der Waals surface area contributed by atoms with Crippen LogP contribution in [0.3, 0.4) is 0 Å². The summed E-state index contributed by atoms with van der Waals surface area (Å²) in [5.41, 5.74) is 12.3. The molecule has 0 fully saturated rings. The first-order chi connectivity index (χ1) is 8.75. The van der Waals surface area contributed by atoms with Gasteiger partial charge in [0.25, 0.3) is 0 Å². The zero-order valence-corrected chi connectivity index (χ0v) is 10.7. The van der Waals surface area contributed by atoms with Crippen LogP contribution >= 0.6 is 0 Å². The van der Waals surface area contributed by atoms with Gasteiger partial charge in [-0.3, -0.25) is 0 Å². The molecule has 2 nitrogen and oxygen atoms in total. The molecule has 92 valence electrons. The monoisotopic (exact) mass is 238 g/mol. The molecule has 18 heavy (non-hydrogen) atoms. The molecule has 1 aliphatic rings. The van der Waals surface area contributed by atoms with E-state index in [-0.39, 0.29) is 0 Å². The Morgan fingerprint density at radius 3 is 2.78 bits per heavy atom. The Kier molecular flexibility index (Phi) is 2.71. The fourth-order valence-corrected chi connectivity index (χ4v) is 2.69. The Balaban J connectivity index is 1.90. The third kappa shape index (κ3) is 1.84. The van der Waals surface area contributed by atoms with E-state index in [0.29, 0.717) is 0 Å². The van der Waals surface area contributed by atoms with Gasteiger partial charge in [-0.2, -0.15) is 0 Å². The molecular weight excluding hydrogens is 220 g/mol. The van der Waals surface area contributed by atoms with Gasteiger partial charge in [-0.1, -0.05) is 30.3 Å². The molecule has 0 radical (unpaired) electrons. The van der Waals surface area contributed by atoms with Crippen molar-refractivity contribution in [2.45, 2.75) is 19.9 Å². The molecule has 0 bridgehead atoms. The van der Waals surface area contributed by atoms with Gasteiger partial charge >= 0.3 is 0 Å². The highest BCUT2D eigenvalue weighted by atomic mass is 15.1. The van der Waals surface area contributed by atoms with Gasteiger partial charge < -0.3 is 10.6 Å². The molecule has 1 heterocycles. The summed E-state index contributed by atoms with van der Waals surface area (Å²) >= 11 is 0. The van der Waals surface area contributed by atoms with Crippen LogP contribution in [0, 0.1) is 6.92 Å². The smallest absolute Gasteiger partial charge is 0.0432 e. The normalized spacial score (nSPS) is 13.7. The molecule has 0 saturated carbocycles. The number of hydrogen-bond donors (Lipinski definition) is 1. The molecule has 0 amide bonds. The summed E-state index contributed by atoms with van der Waals surface area (Å²) in [4.78, 5) is 2.42. The van der Waals surface area contributed by atoms with Crippen LogP contribution in [0.25, 0.3) is 0 Å². The first-order valence-corrected chi connectivity index (χ1v) is 6.42. The van der Waals surface area contributed by atoms with Gasteiger partial charge in [0.2, 0.25) is 0 Å². The molecule has 2 N–H and O–H groups in total. The highest BCUT2D eigenvalue weighted by Gasteiger charge is 2.20. The molecule has 2 heteroatoms. The fraction of sp³-hybridized carbons (Fsp3) is 0.250. The van der Waals surface area contributed by atoms with Gasteiger partial charge in [0, 0.05) is 30.0 Å². The number of hydrogen-bond acceptors (Lipinski definition) is 2. The molecule has 1 aliphatic heterocycles. The summed E-state index contributed by atoms with van der Waals surface area (Å²) in [6.45, 7) is 4.21. The number of nitrogen functional groups attached to an aromatic ring is 1. The van der Waals surface area contributed by atoms with Crippen LogP contribution in [0.4, 0.5) is 11.4 Å². The quantitative estimate of drug-likeness (QED) is 0.814. The molecule has 3 rings (SSSR count). The van der Waals surface area contributed by atoms with Crippen molar-refractivity contribution >= 4 is 11.4 Å². The number of nitrogens with two attached hydrogens (primary N) is 1. The van der Waals surface area contributed by atoms with Crippen molar-refractivity contribution in [2.75, 3.05) is 17.2 Å². The summed E-state index contributed by atoms with van der Waals surface area (Å²) in [7, 11) is 0. The number of anilines is 2. The lowest BCUT2D eigenvalue weighted by atomic mass is 10.1. The highest BCUT2D eigenvalue weighted by Crippen LogP contribution is 2.33. The second-order valence-corrected chi connectivity index (χ2v) is 4.94. The van der Waals surface area contributed by atoms with Gasteiger partial charge in [0.1, 0.15) is 0 Å². The van der Waals surface area contributed by atoms with Crippen LogP contribution in [-0.4, -0.2) is 6.54 Å². The van der Waals surface area contributed by atoms with Crippen molar-refractivity contribution in [3.05, 3.63) is 59.2 Å². The van der Waals surface area contributed by atoms with E-state index in [1.54, 1.807) is 0 Å². The van der Waals surface area contributed by atoms with Gasteiger partial charge in [-0.25, -0.2) is 0 Å². The minimum absolute atomic E-state index is 0.930. The average Bonchev–Trinajstić information content (AvgIpc) is 2.77. The first kappa shape index (κ1) is 11.1. The van der Waals surface area contributed by atoms with E-state index < -0.39 is 0 Å². The minimum atomic E-state index is 0.930. The molecule has 0 spiro atoms. The number of nitrogens with zero attached hydrogens (tertiary/aromatic N) is 1. The Morgan fingerprint density at radius 2 is 1.94 bits per heavy atom. The maximum absolute atomic E-state index is 6.03. The number of benzene rings is 2. The van der Waals surface area contributed by atoms with Crippen LogP contribution in [-0.2, 0) is 13.0 Å². The van der Waals surface area contributed by atoms with Crippen molar-refractivity contribution < 1.29 is 0 Å². The van der Waals surface area contributed by atoms with E-state index in [2.05, 4.69) is 42.2 Å². The molecule has 0 aliphatic carbocycles. The van der Waals surface area contributed by atoms with Crippen molar-refractivity contribution in [1.29, 1.82) is 0 Å². The van der Waals surface area contributed by atoms with E-state index in [1.807, 2.05) is 12.1 Å². The Morgan fingerprint density at radius 1 is 1.11 bits per heavy atom. The second-order valence-electron chi connectivity index (χ2n) is 4.94. The predicted octanol–water partition coefficient (Wildman–Crippen LogP) is 3.14. The molecule has 0 saturated heterocycles. The van der Waals surface area contributed by atoms with E-state index in [4.69, 9.17) is 5.73 Å². The summed E-state index contributed by atoms with van der Waals surface area (Å²) in [5.74, 6) is 0. The maximum atomic E-state index is 6.03. The van der Waals surface area contributed by atoms with Crippen LogP contribution < -0.4 is 10.6 Å². The third-order valence-electron chi connectivity index (χ3n) is 3.78. The Labute approximate surface area is 108 Å². The molecular formula is C16H18N2. The Hall–Kier alpha value is -1.96. The second kappa shape index (κ2) is 4.37. The molecule has 2 aromatic rings. The van der Waals surface area contributed by atoms with E-state index in [0.717, 1.165) is 25.2 Å². The average molecular weight is 238 g/mol. The largest absolute Gasteiger partial charge is 0.398 e. The van der Waals surface area contributed by atoms with Gasteiger partial charge in [0.05, 0.1) is 0 Å². The topological polar surface area (TPSA) is 29.3 Å². The van der Waals surface area contributed by atoms with Gasteiger partial charge in [0.15, 0.2) is 0 Å². The van der Waals surface area contributed by atoms with Crippen molar-refractivity contribution in [1.82, 2.24) is 0 Å². The zero-order valence-electron chi connectivity index (χ0n) is 10.7. The van der Waals surface area contributed by atoms with E-state index in [9.17, 15) is 0 Å². The number of rotatable bonds is 2. The minimum Gasteiger partial charge on any atom is -0.398 e. The third-order valence-corrected chi connectivity index (χ3v) is 3.78. The van der Waals surface area contributed by atoms with Crippen molar-refractivity contribution in [2.24, 2.45) is 0 Å². The van der Waals surface area contributed by atoms with Crippen LogP contribution in [0.5, 0.6) is 0 Å². The number of aryl methyl sites for hydroxylation is 1. The maximum Gasteiger partial charge on any atom is 0.0432 e. The summed E-state index contributed by atoms with van der Waals surface area (Å²) in [6, 6.07) is 14.8. The van der Waals surface area contributed by atoms with Crippen molar-refractivity contribution in [3.63, 3.8) is 0 Å².